The van der Waals surface area contributed by atoms with Crippen molar-refractivity contribution >= 4 is 6.29 Å². The van der Waals surface area contributed by atoms with Crippen LogP contribution in [-0.2, 0) is 4.79 Å². The number of carbonyl (C=O) groups is 1. The molecule has 0 aliphatic rings. The maximum atomic E-state index is 9.87. The van der Waals surface area contributed by atoms with Gasteiger partial charge in [-0.25, -0.2) is 4.98 Å². The van der Waals surface area contributed by atoms with Gasteiger partial charge in [-0.1, -0.05) is 6.07 Å². The molecule has 1 heterocycles. The van der Waals surface area contributed by atoms with Gasteiger partial charge in [0.1, 0.15) is 17.5 Å². The quantitative estimate of drug-likeness (QED) is 0.406. The number of hydrogen-bond donors (Lipinski definition) is 0. The molecule has 0 bridgehead atoms. The molecule has 0 atom stereocenters. The molecule has 0 aliphatic heterocycles. The molecule has 0 amide bonds. The lowest BCUT2D eigenvalue weighted by atomic mass is 10.3. The molecule has 56 valence electrons. The fourth-order valence-electron chi connectivity index (χ4n) is 0.670. The fourth-order valence-corrected chi connectivity index (χ4v) is 0.670. The SMILES string of the molecule is N#Cc1cccc(C#CC=O)n1. The summed E-state index contributed by atoms with van der Waals surface area (Å²) in [6.45, 7) is 0. The normalized spacial score (nSPS) is 7.58. The second-order valence-corrected chi connectivity index (χ2v) is 1.91. The van der Waals surface area contributed by atoms with Crippen LogP contribution in [0.3, 0.4) is 0 Å². The highest BCUT2D eigenvalue weighted by Crippen LogP contribution is 1.95. The molecule has 12 heavy (non-hydrogen) atoms. The second kappa shape index (κ2) is 3.90. The van der Waals surface area contributed by atoms with Crippen LogP contribution < -0.4 is 0 Å². The number of nitrogens with zero attached hydrogens (tertiary/aromatic N) is 2. The Bertz CT molecular complexity index is 393. The smallest absolute Gasteiger partial charge is 0.193 e. The molecule has 0 saturated carbocycles. The van der Waals surface area contributed by atoms with Crippen LogP contribution in [0.1, 0.15) is 11.4 Å². The van der Waals surface area contributed by atoms with Crippen molar-refractivity contribution in [2.24, 2.45) is 0 Å². The molecule has 3 heteroatoms. The van der Waals surface area contributed by atoms with Gasteiger partial charge in [0.15, 0.2) is 6.29 Å². The number of hydrogen-bond acceptors (Lipinski definition) is 3. The molecule has 0 aliphatic carbocycles. The van der Waals surface area contributed by atoms with Crippen LogP contribution in [0, 0.1) is 23.2 Å². The topological polar surface area (TPSA) is 53.8 Å². The van der Waals surface area contributed by atoms with Gasteiger partial charge in [-0.15, -0.1) is 0 Å². The lowest BCUT2D eigenvalue weighted by molar-refractivity contribution is -0.103. The maximum Gasteiger partial charge on any atom is 0.193 e. The Labute approximate surface area is 69.7 Å². The van der Waals surface area contributed by atoms with Gasteiger partial charge in [0.25, 0.3) is 0 Å². The molecule has 0 aromatic carbocycles. The highest BCUT2D eigenvalue weighted by atomic mass is 16.1. The van der Waals surface area contributed by atoms with E-state index < -0.39 is 0 Å². The highest BCUT2D eigenvalue weighted by Gasteiger charge is 1.91. The summed E-state index contributed by atoms with van der Waals surface area (Å²) in [6.07, 6.45) is 0.487. The first kappa shape index (κ1) is 7.97. The number of carbonyl (C=O) groups excluding carboxylic acids is 1. The summed E-state index contributed by atoms with van der Waals surface area (Å²) < 4.78 is 0. The average Bonchev–Trinajstić information content (AvgIpc) is 2.15. The van der Waals surface area contributed by atoms with Gasteiger partial charge in [-0.05, 0) is 24.0 Å². The summed E-state index contributed by atoms with van der Waals surface area (Å²) in [5.74, 6) is 4.70. The third-order valence-electron chi connectivity index (χ3n) is 1.12. The van der Waals surface area contributed by atoms with E-state index in [-0.39, 0.29) is 0 Å². The first-order chi connectivity index (χ1) is 5.86. The van der Waals surface area contributed by atoms with Gasteiger partial charge >= 0.3 is 0 Å². The van der Waals surface area contributed by atoms with Gasteiger partial charge in [0.2, 0.25) is 0 Å². The van der Waals surface area contributed by atoms with Crippen molar-refractivity contribution in [2.75, 3.05) is 0 Å². The van der Waals surface area contributed by atoms with E-state index in [0.29, 0.717) is 17.7 Å². The number of rotatable bonds is 0. The fraction of sp³-hybridized carbons (Fsp3) is 0. The van der Waals surface area contributed by atoms with Crippen LogP contribution in [0.4, 0.5) is 0 Å². The second-order valence-electron chi connectivity index (χ2n) is 1.91. The van der Waals surface area contributed by atoms with E-state index in [9.17, 15) is 4.79 Å². The molecule has 0 unspecified atom stereocenters. The van der Waals surface area contributed by atoms with Crippen molar-refractivity contribution < 1.29 is 4.79 Å². The molecule has 0 radical (unpaired) electrons. The predicted molar refractivity (Wildman–Crippen MR) is 41.9 cm³/mol. The predicted octanol–water partition coefficient (Wildman–Crippen LogP) is 0.504. The molecule has 1 aromatic heterocycles. The van der Waals surface area contributed by atoms with Crippen LogP contribution in [0.5, 0.6) is 0 Å². The summed E-state index contributed by atoms with van der Waals surface area (Å²) in [6, 6.07) is 6.76. The van der Waals surface area contributed by atoms with Gasteiger partial charge in [-0.3, -0.25) is 4.79 Å². The summed E-state index contributed by atoms with van der Waals surface area (Å²) in [5, 5.41) is 8.46. The molecule has 1 aromatic rings. The van der Waals surface area contributed by atoms with Gasteiger partial charge in [0.05, 0.1) is 0 Å². The zero-order chi connectivity index (χ0) is 8.81. The van der Waals surface area contributed by atoms with Crippen molar-refractivity contribution in [1.29, 1.82) is 5.26 Å². The maximum absolute atomic E-state index is 9.87. The molecular formula is C9H4N2O. The summed E-state index contributed by atoms with van der Waals surface area (Å²) in [4.78, 5) is 13.7. The van der Waals surface area contributed by atoms with Crippen molar-refractivity contribution in [1.82, 2.24) is 4.98 Å². The van der Waals surface area contributed by atoms with E-state index in [1.54, 1.807) is 18.2 Å². The van der Waals surface area contributed by atoms with E-state index in [2.05, 4.69) is 16.8 Å². The Morgan fingerprint density at radius 2 is 2.17 bits per heavy atom. The molecule has 0 saturated heterocycles. The number of pyridine rings is 1. The van der Waals surface area contributed by atoms with Crippen LogP contribution >= 0.6 is 0 Å². The third kappa shape index (κ3) is 1.93. The van der Waals surface area contributed by atoms with E-state index in [1.807, 2.05) is 6.07 Å². The van der Waals surface area contributed by atoms with Gasteiger partial charge in [0, 0.05) is 0 Å². The number of aromatic nitrogens is 1. The van der Waals surface area contributed by atoms with Crippen LogP contribution in [0.2, 0.25) is 0 Å². The molecule has 1 rings (SSSR count). The zero-order valence-electron chi connectivity index (χ0n) is 6.11. The van der Waals surface area contributed by atoms with Crippen molar-refractivity contribution in [3.05, 3.63) is 29.6 Å². The highest BCUT2D eigenvalue weighted by molar-refractivity contribution is 5.73. The minimum atomic E-state index is 0.299. The number of nitriles is 1. The Balaban J connectivity index is 3.03. The van der Waals surface area contributed by atoms with Gasteiger partial charge < -0.3 is 0 Å². The molecule has 0 spiro atoms. The summed E-state index contributed by atoms with van der Waals surface area (Å²) >= 11 is 0. The Morgan fingerprint density at radius 3 is 2.83 bits per heavy atom. The summed E-state index contributed by atoms with van der Waals surface area (Å²) in [5.41, 5.74) is 0.730. The Hall–Kier alpha value is -2.13. The minimum Gasteiger partial charge on any atom is -0.289 e. The van der Waals surface area contributed by atoms with E-state index in [0.717, 1.165) is 0 Å². The minimum absolute atomic E-state index is 0.299. The third-order valence-corrected chi connectivity index (χ3v) is 1.12. The lowest BCUT2D eigenvalue weighted by Crippen LogP contribution is -1.85. The molecule has 3 nitrogen and oxygen atoms in total. The van der Waals surface area contributed by atoms with Crippen molar-refractivity contribution in [3.63, 3.8) is 0 Å². The zero-order valence-corrected chi connectivity index (χ0v) is 6.11. The first-order valence-corrected chi connectivity index (χ1v) is 3.19. The molecular weight excluding hydrogens is 152 g/mol. The van der Waals surface area contributed by atoms with E-state index in [1.165, 1.54) is 0 Å². The Kier molecular flexibility index (Phi) is 2.59. The van der Waals surface area contributed by atoms with Crippen LogP contribution in [0.15, 0.2) is 18.2 Å². The molecule has 0 fully saturated rings. The monoisotopic (exact) mass is 156 g/mol. The van der Waals surface area contributed by atoms with Gasteiger partial charge in [-0.2, -0.15) is 5.26 Å². The molecule has 0 N–H and O–H groups in total. The van der Waals surface area contributed by atoms with Crippen molar-refractivity contribution in [3.8, 4) is 17.9 Å². The standard InChI is InChI=1S/C9H4N2O/c10-7-9-4-1-3-8(11-9)5-2-6-12/h1,3-4,6H. The average molecular weight is 156 g/mol. The van der Waals surface area contributed by atoms with Crippen molar-refractivity contribution in [2.45, 2.75) is 0 Å². The largest absolute Gasteiger partial charge is 0.289 e. The summed E-state index contributed by atoms with van der Waals surface area (Å²) in [7, 11) is 0. The number of aldehydes is 1. The van der Waals surface area contributed by atoms with E-state index in [4.69, 9.17) is 5.26 Å². The Morgan fingerprint density at radius 1 is 1.42 bits per heavy atom. The van der Waals surface area contributed by atoms with Crippen LogP contribution in [-0.4, -0.2) is 11.3 Å². The van der Waals surface area contributed by atoms with Crippen LogP contribution in [0.25, 0.3) is 0 Å². The first-order valence-electron chi connectivity index (χ1n) is 3.19. The lowest BCUT2D eigenvalue weighted by Gasteiger charge is -1.87. The van der Waals surface area contributed by atoms with E-state index >= 15 is 0 Å².